The van der Waals surface area contributed by atoms with E-state index >= 15 is 0 Å². The van der Waals surface area contributed by atoms with E-state index in [2.05, 4.69) is 44.5 Å². The number of nitrogens with zero attached hydrogens (tertiary/aromatic N) is 3. The maximum atomic E-state index is 12.2. The van der Waals surface area contributed by atoms with Crippen LogP contribution in [0.3, 0.4) is 0 Å². The number of rotatable bonds is 6. The Morgan fingerprint density at radius 2 is 2.18 bits per heavy atom. The molecule has 7 nitrogen and oxygen atoms in total. The molecule has 3 N–H and O–H groups in total. The fourth-order valence-corrected chi connectivity index (χ4v) is 3.97. The summed E-state index contributed by atoms with van der Waals surface area (Å²) < 4.78 is 1.34. The molecule has 0 saturated carbocycles. The highest BCUT2D eigenvalue weighted by atomic mass is 35.5. The van der Waals surface area contributed by atoms with Crippen molar-refractivity contribution in [2.75, 3.05) is 5.32 Å². The summed E-state index contributed by atoms with van der Waals surface area (Å²) in [5, 5.41) is 11.3. The van der Waals surface area contributed by atoms with Gasteiger partial charge in [0.2, 0.25) is 5.95 Å². The molecule has 1 aromatic carbocycles. The molecular formula is C19H20ClN6OP. The van der Waals surface area contributed by atoms with Gasteiger partial charge in [-0.2, -0.15) is 9.50 Å². The lowest BCUT2D eigenvalue weighted by atomic mass is 10.1. The van der Waals surface area contributed by atoms with Crippen molar-refractivity contribution in [2.45, 2.75) is 26.3 Å². The topological polar surface area (TPSA) is 87.1 Å². The molecule has 4 rings (SSSR count). The zero-order valence-electron chi connectivity index (χ0n) is 15.3. The maximum absolute atomic E-state index is 12.2. The number of nitrogens with one attached hydrogen (secondary N) is 3. The zero-order valence-corrected chi connectivity index (χ0v) is 17.0. The van der Waals surface area contributed by atoms with Crippen molar-refractivity contribution in [3.05, 3.63) is 74.8 Å². The van der Waals surface area contributed by atoms with Gasteiger partial charge >= 0.3 is 0 Å². The van der Waals surface area contributed by atoms with Gasteiger partial charge < -0.3 is 10.4 Å². The van der Waals surface area contributed by atoms with E-state index < -0.39 is 0 Å². The lowest BCUT2D eigenvalue weighted by Gasteiger charge is -2.13. The van der Waals surface area contributed by atoms with Crippen LogP contribution in [0.1, 0.15) is 30.2 Å². The van der Waals surface area contributed by atoms with Crippen LogP contribution in [0.2, 0.25) is 5.02 Å². The number of aromatic amines is 1. The van der Waals surface area contributed by atoms with Crippen LogP contribution in [0, 0.1) is 0 Å². The third-order valence-corrected chi connectivity index (χ3v) is 5.75. The van der Waals surface area contributed by atoms with Gasteiger partial charge in [-0.3, -0.25) is 9.89 Å². The Balaban J connectivity index is 1.56. The highest BCUT2D eigenvalue weighted by molar-refractivity contribution is 7.48. The first-order valence-corrected chi connectivity index (χ1v) is 10.4. The largest absolute Gasteiger partial charge is 0.369 e. The van der Waals surface area contributed by atoms with Gasteiger partial charge in [0, 0.05) is 31.7 Å². The van der Waals surface area contributed by atoms with Crippen LogP contribution in [0.4, 0.5) is 5.95 Å². The smallest absolute Gasteiger partial charge is 0.274 e. The van der Waals surface area contributed by atoms with Crippen LogP contribution in [0.15, 0.2) is 47.4 Å². The van der Waals surface area contributed by atoms with Gasteiger partial charge in [-0.15, -0.1) is 0 Å². The van der Waals surface area contributed by atoms with Gasteiger partial charge in [0.15, 0.2) is 0 Å². The Labute approximate surface area is 168 Å². The number of benzene rings is 1. The van der Waals surface area contributed by atoms with E-state index in [1.54, 1.807) is 6.07 Å². The Hall–Kier alpha value is -2.63. The minimum absolute atomic E-state index is 0.167. The van der Waals surface area contributed by atoms with Crippen molar-refractivity contribution in [2.24, 2.45) is 0 Å². The van der Waals surface area contributed by atoms with Crippen LogP contribution in [-0.2, 0) is 13.0 Å². The summed E-state index contributed by atoms with van der Waals surface area (Å²) in [5.74, 6) is 0.841. The van der Waals surface area contributed by atoms with Gasteiger partial charge in [0.1, 0.15) is 0 Å². The number of hydrogen-bond acceptors (Lipinski definition) is 5. The van der Waals surface area contributed by atoms with E-state index in [-0.39, 0.29) is 5.56 Å². The first kappa shape index (κ1) is 18.7. The minimum atomic E-state index is -0.167. The van der Waals surface area contributed by atoms with Gasteiger partial charge in [-0.1, -0.05) is 37.1 Å². The summed E-state index contributed by atoms with van der Waals surface area (Å²) in [5.41, 5.74) is 2.67. The zero-order chi connectivity index (χ0) is 19.5. The second-order valence-corrected chi connectivity index (χ2v) is 7.90. The van der Waals surface area contributed by atoms with Crippen LogP contribution in [0.25, 0.3) is 11.1 Å². The van der Waals surface area contributed by atoms with Gasteiger partial charge in [0.05, 0.1) is 5.69 Å². The van der Waals surface area contributed by atoms with E-state index in [1.165, 1.54) is 9.83 Å². The number of hydrogen-bond donors (Lipinski definition) is 3. The molecule has 2 aromatic heterocycles. The molecule has 0 amide bonds. The summed E-state index contributed by atoms with van der Waals surface area (Å²) >= 11 is 6.38. The van der Waals surface area contributed by atoms with Crippen molar-refractivity contribution in [1.29, 1.82) is 0 Å². The summed E-state index contributed by atoms with van der Waals surface area (Å²) in [6, 6.07) is 7.53. The van der Waals surface area contributed by atoms with Crippen LogP contribution >= 0.6 is 20.3 Å². The lowest BCUT2D eigenvalue weighted by molar-refractivity contribution is 0.837. The van der Waals surface area contributed by atoms with E-state index in [9.17, 15) is 4.79 Å². The minimum Gasteiger partial charge on any atom is -0.369 e. The molecule has 1 atom stereocenters. The molecule has 1 unspecified atom stereocenters. The third-order valence-electron chi connectivity index (χ3n) is 4.34. The average Bonchev–Trinajstić information content (AvgIpc) is 3.12. The predicted octanol–water partition coefficient (Wildman–Crippen LogP) is 3.69. The predicted molar refractivity (Wildman–Crippen MR) is 115 cm³/mol. The van der Waals surface area contributed by atoms with Crippen molar-refractivity contribution in [3.8, 4) is 0 Å². The van der Waals surface area contributed by atoms with E-state index in [4.69, 9.17) is 11.6 Å². The average molecular weight is 415 g/mol. The van der Waals surface area contributed by atoms with Gasteiger partial charge in [0.25, 0.3) is 11.3 Å². The molecule has 0 bridgehead atoms. The Bertz CT molecular complexity index is 1130. The second-order valence-electron chi connectivity index (χ2n) is 6.41. The Morgan fingerprint density at radius 3 is 2.96 bits per heavy atom. The van der Waals surface area contributed by atoms with E-state index in [1.807, 2.05) is 24.4 Å². The highest BCUT2D eigenvalue weighted by Gasteiger charge is 2.10. The molecule has 0 saturated heterocycles. The number of aryl methyl sites for hydroxylation is 1. The summed E-state index contributed by atoms with van der Waals surface area (Å²) in [6.45, 7) is 2.53. The number of aromatic nitrogens is 4. The monoisotopic (exact) mass is 414 g/mol. The Kier molecular flexibility index (Phi) is 5.46. The number of H-pyrrole nitrogens is 1. The molecule has 3 heterocycles. The normalized spacial score (nSPS) is 14.3. The van der Waals surface area contributed by atoms with Crippen LogP contribution in [-0.4, -0.2) is 19.6 Å². The third kappa shape index (κ3) is 3.96. The molecule has 0 fully saturated rings. The highest BCUT2D eigenvalue weighted by Crippen LogP contribution is 2.34. The molecule has 144 valence electrons. The summed E-state index contributed by atoms with van der Waals surface area (Å²) in [6.07, 6.45) is 7.70. The molecule has 0 radical (unpaired) electrons. The van der Waals surface area contributed by atoms with E-state index in [0.29, 0.717) is 32.0 Å². The van der Waals surface area contributed by atoms with Gasteiger partial charge in [-0.25, -0.2) is 4.98 Å². The van der Waals surface area contributed by atoms with Crippen molar-refractivity contribution >= 4 is 37.4 Å². The van der Waals surface area contributed by atoms with Crippen molar-refractivity contribution in [1.82, 2.24) is 24.7 Å². The fraction of sp³-hybridized carbons (Fsp3) is 0.211. The van der Waals surface area contributed by atoms with Crippen LogP contribution < -0.4 is 16.0 Å². The quantitative estimate of drug-likeness (QED) is 0.535. The standard InChI is InChI=1S/C19H20ClN6OP/c1-2-4-14-10-17(27)26-19(23-14)24-18(25-26)21-11-13-9-12(6-7-15(13)20)16-5-3-8-22-28-16/h3,5-10,22,28H,2,4,11H2,1H3,(H2,21,23,24,25). The van der Waals surface area contributed by atoms with Gasteiger partial charge in [-0.05, 0) is 42.0 Å². The lowest BCUT2D eigenvalue weighted by Crippen LogP contribution is -2.15. The maximum Gasteiger partial charge on any atom is 0.274 e. The number of anilines is 1. The van der Waals surface area contributed by atoms with Crippen molar-refractivity contribution < 1.29 is 0 Å². The van der Waals surface area contributed by atoms with Crippen LogP contribution in [0.5, 0.6) is 0 Å². The molecule has 3 aromatic rings. The van der Waals surface area contributed by atoms with E-state index in [0.717, 1.165) is 29.7 Å². The molecule has 9 heteroatoms. The first-order chi connectivity index (χ1) is 13.6. The fourth-order valence-electron chi connectivity index (χ4n) is 2.97. The molecule has 0 aliphatic carbocycles. The number of halogens is 1. The number of allylic oxidation sites excluding steroid dienone is 2. The molecule has 28 heavy (non-hydrogen) atoms. The second kappa shape index (κ2) is 8.17. The molecule has 0 spiro atoms. The first-order valence-electron chi connectivity index (χ1n) is 9.04. The number of fused-ring (bicyclic) bond motifs is 1. The molecule has 1 aliphatic rings. The SMILES string of the molecule is CCCc1cc(=O)n2[nH]c(NCc3cc(C4=CC=CNP4)ccc3Cl)nc2n1. The molecule has 1 aliphatic heterocycles. The molecular weight excluding hydrogens is 395 g/mol. The Morgan fingerprint density at radius 1 is 1.29 bits per heavy atom. The summed E-state index contributed by atoms with van der Waals surface area (Å²) in [4.78, 5) is 21.0. The summed E-state index contributed by atoms with van der Waals surface area (Å²) in [7, 11) is 0.524. The van der Waals surface area contributed by atoms with Crippen molar-refractivity contribution in [3.63, 3.8) is 0 Å².